The van der Waals surface area contributed by atoms with E-state index < -0.39 is 0 Å². The quantitative estimate of drug-likeness (QED) is 0.694. The Balaban J connectivity index is 2.91. The Morgan fingerprint density at radius 1 is 1.53 bits per heavy atom. The van der Waals surface area contributed by atoms with Crippen molar-refractivity contribution in [2.45, 2.75) is 13.3 Å². The summed E-state index contributed by atoms with van der Waals surface area (Å²) >= 11 is 0. The number of pyridine rings is 1. The number of nitrogens with zero attached hydrogens (tertiary/aromatic N) is 3. The Hall–Kier alpha value is -2.00. The molecule has 0 amide bonds. The minimum Gasteiger partial charge on any atom is -0.345 e. The lowest BCUT2D eigenvalue weighted by Gasteiger charge is -2.20. The maximum absolute atomic E-state index is 8.73. The molecule has 0 saturated heterocycles. The normalized spacial score (nSPS) is 9.00. The summed E-state index contributed by atoms with van der Waals surface area (Å²) in [5, 5.41) is 8.73. The van der Waals surface area contributed by atoms with Crippen molar-refractivity contribution < 1.29 is 0 Å². The van der Waals surface area contributed by atoms with Gasteiger partial charge in [0, 0.05) is 6.54 Å². The van der Waals surface area contributed by atoms with Crippen LogP contribution in [0.15, 0.2) is 18.2 Å². The minimum atomic E-state index is 0.422. The van der Waals surface area contributed by atoms with Crippen LogP contribution in [0.4, 0.5) is 5.82 Å². The number of hydrogen-bond donors (Lipinski definition) is 0. The number of rotatable bonds is 4. The molecule has 0 atom stereocenters. The van der Waals surface area contributed by atoms with Gasteiger partial charge < -0.3 is 4.90 Å². The molecule has 3 heteroatoms. The number of nitriles is 1. The van der Waals surface area contributed by atoms with Crippen molar-refractivity contribution in [2.75, 3.05) is 18.0 Å². The molecule has 1 aromatic heterocycles. The lowest BCUT2D eigenvalue weighted by Crippen LogP contribution is -2.25. The van der Waals surface area contributed by atoms with Crippen LogP contribution in [0.2, 0.25) is 0 Å². The van der Waals surface area contributed by atoms with Crippen LogP contribution in [0.3, 0.4) is 0 Å². The molecule has 76 valence electrons. The topological polar surface area (TPSA) is 39.9 Å². The molecular weight excluding hydrogens is 186 g/mol. The first kappa shape index (κ1) is 11.1. The van der Waals surface area contributed by atoms with E-state index >= 15 is 0 Å². The highest BCUT2D eigenvalue weighted by molar-refractivity contribution is 5.42. The van der Waals surface area contributed by atoms with Crippen LogP contribution in [0.1, 0.15) is 19.0 Å². The Morgan fingerprint density at radius 3 is 2.93 bits per heavy atom. The van der Waals surface area contributed by atoms with Crippen molar-refractivity contribution >= 4 is 5.82 Å². The van der Waals surface area contributed by atoms with Crippen LogP contribution < -0.4 is 4.90 Å². The number of anilines is 1. The summed E-state index contributed by atoms with van der Waals surface area (Å²) in [7, 11) is 0. The van der Waals surface area contributed by atoms with E-state index in [0.29, 0.717) is 12.2 Å². The van der Waals surface area contributed by atoms with E-state index in [1.54, 1.807) is 6.07 Å². The zero-order valence-corrected chi connectivity index (χ0v) is 8.77. The molecule has 0 aromatic carbocycles. The lowest BCUT2D eigenvalue weighted by atomic mass is 10.3. The molecular formula is C12H13N3. The molecule has 0 N–H and O–H groups in total. The van der Waals surface area contributed by atoms with E-state index in [1.165, 1.54) is 0 Å². The highest BCUT2D eigenvalue weighted by atomic mass is 15.2. The number of terminal acetylenes is 1. The van der Waals surface area contributed by atoms with Gasteiger partial charge in [0.05, 0.1) is 6.54 Å². The van der Waals surface area contributed by atoms with Gasteiger partial charge >= 0.3 is 0 Å². The fourth-order valence-corrected chi connectivity index (χ4v) is 1.32. The van der Waals surface area contributed by atoms with E-state index in [0.717, 1.165) is 18.8 Å². The third kappa shape index (κ3) is 3.00. The fourth-order valence-electron chi connectivity index (χ4n) is 1.32. The van der Waals surface area contributed by atoms with Gasteiger partial charge in [-0.2, -0.15) is 5.26 Å². The van der Waals surface area contributed by atoms with Gasteiger partial charge in [0.25, 0.3) is 0 Å². The predicted octanol–water partition coefficient (Wildman–Crippen LogP) is 1.80. The highest BCUT2D eigenvalue weighted by Gasteiger charge is 2.05. The van der Waals surface area contributed by atoms with E-state index in [2.05, 4.69) is 17.8 Å². The summed E-state index contributed by atoms with van der Waals surface area (Å²) in [4.78, 5) is 6.18. The van der Waals surface area contributed by atoms with Gasteiger partial charge in [-0.15, -0.1) is 6.42 Å². The smallest absolute Gasteiger partial charge is 0.142 e. The first-order chi connectivity index (χ1) is 7.31. The predicted molar refractivity (Wildman–Crippen MR) is 60.3 cm³/mol. The van der Waals surface area contributed by atoms with Crippen LogP contribution in [0.5, 0.6) is 0 Å². The second-order valence-electron chi connectivity index (χ2n) is 3.12. The Labute approximate surface area is 90.4 Å². The van der Waals surface area contributed by atoms with Gasteiger partial charge in [0.2, 0.25) is 0 Å². The molecule has 0 aliphatic heterocycles. The van der Waals surface area contributed by atoms with E-state index in [1.807, 2.05) is 23.1 Å². The molecule has 0 aliphatic carbocycles. The number of aromatic nitrogens is 1. The largest absolute Gasteiger partial charge is 0.345 e. The van der Waals surface area contributed by atoms with Crippen molar-refractivity contribution in [1.82, 2.24) is 4.98 Å². The Bertz CT molecular complexity index is 398. The molecule has 1 aromatic rings. The van der Waals surface area contributed by atoms with E-state index in [9.17, 15) is 0 Å². The van der Waals surface area contributed by atoms with Crippen LogP contribution >= 0.6 is 0 Å². The maximum Gasteiger partial charge on any atom is 0.142 e. The van der Waals surface area contributed by atoms with Gasteiger partial charge in [-0.05, 0) is 18.6 Å². The molecule has 15 heavy (non-hydrogen) atoms. The third-order valence-corrected chi connectivity index (χ3v) is 1.95. The molecule has 0 unspecified atom stereocenters. The third-order valence-electron chi connectivity index (χ3n) is 1.95. The van der Waals surface area contributed by atoms with Crippen LogP contribution in [0, 0.1) is 23.7 Å². The first-order valence-corrected chi connectivity index (χ1v) is 4.87. The molecule has 1 rings (SSSR count). The highest BCUT2D eigenvalue weighted by Crippen LogP contribution is 2.11. The second-order valence-corrected chi connectivity index (χ2v) is 3.12. The van der Waals surface area contributed by atoms with E-state index in [4.69, 9.17) is 11.7 Å². The van der Waals surface area contributed by atoms with Crippen molar-refractivity contribution in [3.8, 4) is 18.4 Å². The second kappa shape index (κ2) is 5.67. The summed E-state index contributed by atoms with van der Waals surface area (Å²) < 4.78 is 0. The van der Waals surface area contributed by atoms with Crippen molar-refractivity contribution in [3.05, 3.63) is 23.9 Å². The molecule has 1 heterocycles. The van der Waals surface area contributed by atoms with Crippen molar-refractivity contribution in [3.63, 3.8) is 0 Å². The molecule has 0 saturated carbocycles. The summed E-state index contributed by atoms with van der Waals surface area (Å²) in [5.74, 6) is 3.36. The van der Waals surface area contributed by atoms with Gasteiger partial charge in [-0.3, -0.25) is 0 Å². The van der Waals surface area contributed by atoms with E-state index in [-0.39, 0.29) is 0 Å². The average Bonchev–Trinajstić information content (AvgIpc) is 2.29. The first-order valence-electron chi connectivity index (χ1n) is 4.87. The van der Waals surface area contributed by atoms with Crippen molar-refractivity contribution in [1.29, 1.82) is 5.26 Å². The Morgan fingerprint density at radius 2 is 2.33 bits per heavy atom. The molecule has 0 radical (unpaired) electrons. The van der Waals surface area contributed by atoms with Gasteiger partial charge in [-0.1, -0.05) is 18.9 Å². The summed E-state index contributed by atoms with van der Waals surface area (Å²) in [5.41, 5.74) is 0.422. The minimum absolute atomic E-state index is 0.422. The van der Waals surface area contributed by atoms with Gasteiger partial charge in [0.15, 0.2) is 0 Å². The van der Waals surface area contributed by atoms with Crippen molar-refractivity contribution in [2.24, 2.45) is 0 Å². The molecule has 0 fully saturated rings. The molecule has 0 bridgehead atoms. The van der Waals surface area contributed by atoms with Gasteiger partial charge in [0.1, 0.15) is 17.6 Å². The monoisotopic (exact) mass is 199 g/mol. The molecule has 0 aliphatic rings. The summed E-state index contributed by atoms with van der Waals surface area (Å²) in [6, 6.07) is 7.39. The molecule has 0 spiro atoms. The fraction of sp³-hybridized carbons (Fsp3) is 0.333. The zero-order chi connectivity index (χ0) is 11.1. The molecule has 3 nitrogen and oxygen atoms in total. The average molecular weight is 199 g/mol. The standard InChI is InChI=1S/C12H13N3/c1-3-8-15(9-4-2)12-7-5-6-11(10-13)14-12/h1,5-7H,4,8-9H2,2H3. The lowest BCUT2D eigenvalue weighted by molar-refractivity contribution is 0.808. The Kier molecular flexibility index (Phi) is 4.19. The SMILES string of the molecule is C#CCN(CCC)c1cccc(C#N)n1. The van der Waals surface area contributed by atoms with Gasteiger partial charge in [-0.25, -0.2) is 4.98 Å². The number of hydrogen-bond acceptors (Lipinski definition) is 3. The zero-order valence-electron chi connectivity index (χ0n) is 8.77. The summed E-state index contributed by atoms with van der Waals surface area (Å²) in [6.45, 7) is 3.46. The summed E-state index contributed by atoms with van der Waals surface area (Å²) in [6.07, 6.45) is 6.28. The maximum atomic E-state index is 8.73. The van der Waals surface area contributed by atoms with Crippen LogP contribution in [-0.4, -0.2) is 18.1 Å². The van der Waals surface area contributed by atoms with Crippen LogP contribution in [-0.2, 0) is 0 Å². The van der Waals surface area contributed by atoms with Crippen LogP contribution in [0.25, 0.3) is 0 Å².